The predicted molar refractivity (Wildman–Crippen MR) is 76.1 cm³/mol. The van der Waals surface area contributed by atoms with Crippen LogP contribution in [0.25, 0.3) is 0 Å². The van der Waals surface area contributed by atoms with Gasteiger partial charge >= 0.3 is 0 Å². The fourth-order valence-electron chi connectivity index (χ4n) is 2.11. The maximum Gasteiger partial charge on any atom is 0.120 e. The highest BCUT2D eigenvalue weighted by Gasteiger charge is 2.18. The quantitative estimate of drug-likeness (QED) is 0.731. The summed E-state index contributed by atoms with van der Waals surface area (Å²) in [6.45, 7) is 2.88. The Labute approximate surface area is 117 Å². The van der Waals surface area contributed by atoms with Crippen LogP contribution in [0.3, 0.4) is 0 Å². The second-order valence-electron chi connectivity index (χ2n) is 5.13. The van der Waals surface area contributed by atoms with Crippen molar-refractivity contribution in [2.75, 3.05) is 6.61 Å². The van der Waals surface area contributed by atoms with Gasteiger partial charge in [0.25, 0.3) is 0 Å². The third kappa shape index (κ3) is 3.58. The van der Waals surface area contributed by atoms with Gasteiger partial charge in [-0.3, -0.25) is 0 Å². The van der Waals surface area contributed by atoms with Crippen LogP contribution in [-0.2, 0) is 4.79 Å². The number of hydrogen-bond acceptors (Lipinski definition) is 2. The Balaban J connectivity index is 2.02. The molecule has 0 saturated heterocycles. The van der Waals surface area contributed by atoms with Crippen LogP contribution in [0.4, 0.5) is 0 Å². The second-order valence-corrected chi connectivity index (χ2v) is 6.05. The fraction of sp³-hybridized carbons (Fsp3) is 0.533. The van der Waals surface area contributed by atoms with Crippen LogP contribution in [-0.4, -0.2) is 12.9 Å². The van der Waals surface area contributed by atoms with Crippen molar-refractivity contribution in [3.8, 4) is 5.75 Å². The number of ether oxygens (including phenoxy) is 1. The van der Waals surface area contributed by atoms with E-state index in [1.807, 2.05) is 6.07 Å². The van der Waals surface area contributed by atoms with E-state index in [1.165, 1.54) is 19.3 Å². The Morgan fingerprint density at radius 3 is 2.83 bits per heavy atom. The summed E-state index contributed by atoms with van der Waals surface area (Å²) >= 11 is 3.50. The average molecular weight is 311 g/mol. The summed E-state index contributed by atoms with van der Waals surface area (Å²) in [5.74, 6) is 1.88. The number of carbonyl (C=O) groups excluding carboxylic acids is 1. The molecule has 3 heteroatoms. The lowest BCUT2D eigenvalue weighted by Gasteiger charge is -2.25. The van der Waals surface area contributed by atoms with Crippen molar-refractivity contribution in [3.05, 3.63) is 28.2 Å². The molecule has 1 aromatic carbocycles. The molecule has 0 N–H and O–H groups in total. The fourth-order valence-corrected chi connectivity index (χ4v) is 2.60. The van der Waals surface area contributed by atoms with Crippen molar-refractivity contribution in [3.63, 3.8) is 0 Å². The lowest BCUT2D eigenvalue weighted by Crippen LogP contribution is -2.19. The van der Waals surface area contributed by atoms with Crippen LogP contribution in [0, 0.1) is 5.92 Å². The largest absolute Gasteiger partial charge is 0.493 e. The zero-order valence-corrected chi connectivity index (χ0v) is 12.3. The SMILES string of the molecule is CC(CC=O)c1cc(Br)cc(OCC2CCC2)c1. The van der Waals surface area contributed by atoms with Gasteiger partial charge in [0.15, 0.2) is 0 Å². The minimum atomic E-state index is 0.242. The van der Waals surface area contributed by atoms with E-state index in [4.69, 9.17) is 4.74 Å². The van der Waals surface area contributed by atoms with Gasteiger partial charge in [-0.05, 0) is 48.4 Å². The van der Waals surface area contributed by atoms with Crippen LogP contribution in [0.15, 0.2) is 22.7 Å². The van der Waals surface area contributed by atoms with Crippen molar-refractivity contribution < 1.29 is 9.53 Å². The van der Waals surface area contributed by atoms with E-state index in [2.05, 4.69) is 35.0 Å². The van der Waals surface area contributed by atoms with Crippen LogP contribution in [0.1, 0.15) is 44.1 Å². The first-order chi connectivity index (χ1) is 8.69. The van der Waals surface area contributed by atoms with Gasteiger partial charge < -0.3 is 9.53 Å². The molecule has 2 nitrogen and oxygen atoms in total. The zero-order chi connectivity index (χ0) is 13.0. The maximum absolute atomic E-state index is 10.6. The first kappa shape index (κ1) is 13.6. The van der Waals surface area contributed by atoms with Crippen LogP contribution >= 0.6 is 15.9 Å². The van der Waals surface area contributed by atoms with Gasteiger partial charge in [-0.15, -0.1) is 0 Å². The first-order valence-electron chi connectivity index (χ1n) is 6.56. The minimum absolute atomic E-state index is 0.242. The molecule has 0 heterocycles. The van der Waals surface area contributed by atoms with E-state index in [9.17, 15) is 4.79 Å². The lowest BCUT2D eigenvalue weighted by molar-refractivity contribution is -0.108. The Morgan fingerprint density at radius 2 is 2.22 bits per heavy atom. The molecule has 1 fully saturated rings. The summed E-state index contributed by atoms with van der Waals surface area (Å²) in [5.41, 5.74) is 1.15. The number of rotatable bonds is 6. The molecule has 98 valence electrons. The number of halogens is 1. The molecule has 0 radical (unpaired) electrons. The molecule has 1 atom stereocenters. The van der Waals surface area contributed by atoms with E-state index in [1.54, 1.807) is 0 Å². The Bertz CT molecular complexity index is 413. The van der Waals surface area contributed by atoms with Crippen molar-refractivity contribution in [2.45, 2.75) is 38.5 Å². The summed E-state index contributed by atoms with van der Waals surface area (Å²) in [7, 11) is 0. The van der Waals surface area contributed by atoms with Crippen molar-refractivity contribution in [1.82, 2.24) is 0 Å². The van der Waals surface area contributed by atoms with Crippen LogP contribution in [0.2, 0.25) is 0 Å². The number of aldehydes is 1. The third-order valence-electron chi connectivity index (χ3n) is 3.62. The lowest BCUT2D eigenvalue weighted by atomic mass is 9.86. The van der Waals surface area contributed by atoms with Crippen LogP contribution in [0.5, 0.6) is 5.75 Å². The van der Waals surface area contributed by atoms with E-state index in [0.29, 0.717) is 6.42 Å². The monoisotopic (exact) mass is 310 g/mol. The first-order valence-corrected chi connectivity index (χ1v) is 7.35. The molecule has 1 aromatic rings. The van der Waals surface area contributed by atoms with E-state index >= 15 is 0 Å². The molecule has 0 amide bonds. The molecular formula is C15H19BrO2. The Morgan fingerprint density at radius 1 is 1.44 bits per heavy atom. The Kier molecular flexibility index (Phi) is 4.81. The Hall–Kier alpha value is -0.830. The highest BCUT2D eigenvalue weighted by atomic mass is 79.9. The van der Waals surface area contributed by atoms with Crippen LogP contribution < -0.4 is 4.74 Å². The molecule has 1 aliphatic rings. The second kappa shape index (κ2) is 6.37. The van der Waals surface area contributed by atoms with Gasteiger partial charge in [-0.1, -0.05) is 29.3 Å². The standard InChI is InChI=1S/C15H19BrO2/c1-11(5-6-17)13-7-14(16)9-15(8-13)18-10-12-3-2-4-12/h6-9,11-12H,2-5,10H2,1H3. The molecule has 1 aliphatic carbocycles. The van der Waals surface area contributed by atoms with Crippen molar-refractivity contribution in [1.29, 1.82) is 0 Å². The van der Waals surface area contributed by atoms with Gasteiger partial charge in [0, 0.05) is 10.9 Å². The van der Waals surface area contributed by atoms with Gasteiger partial charge in [0.1, 0.15) is 12.0 Å². The molecular weight excluding hydrogens is 292 g/mol. The molecule has 0 spiro atoms. The van der Waals surface area contributed by atoms with Gasteiger partial charge in [-0.25, -0.2) is 0 Å². The van der Waals surface area contributed by atoms with Gasteiger partial charge in [-0.2, -0.15) is 0 Å². The third-order valence-corrected chi connectivity index (χ3v) is 4.08. The topological polar surface area (TPSA) is 26.3 Å². The zero-order valence-electron chi connectivity index (χ0n) is 10.7. The molecule has 0 bridgehead atoms. The molecule has 1 unspecified atom stereocenters. The normalized spacial score (nSPS) is 17.0. The summed E-state index contributed by atoms with van der Waals surface area (Å²) in [5, 5.41) is 0. The summed E-state index contributed by atoms with van der Waals surface area (Å²) in [4.78, 5) is 10.6. The van der Waals surface area contributed by atoms with E-state index in [0.717, 1.165) is 34.6 Å². The summed E-state index contributed by atoms with van der Waals surface area (Å²) in [6.07, 6.45) is 5.46. The van der Waals surface area contributed by atoms with E-state index in [-0.39, 0.29) is 5.92 Å². The smallest absolute Gasteiger partial charge is 0.120 e. The van der Waals surface area contributed by atoms with Gasteiger partial charge in [0.2, 0.25) is 0 Å². The number of benzene rings is 1. The molecule has 0 aliphatic heterocycles. The van der Waals surface area contributed by atoms with Crippen molar-refractivity contribution >= 4 is 22.2 Å². The maximum atomic E-state index is 10.6. The molecule has 0 aromatic heterocycles. The van der Waals surface area contributed by atoms with Gasteiger partial charge in [0.05, 0.1) is 6.61 Å². The predicted octanol–water partition coefficient (Wildman–Crippen LogP) is 4.32. The minimum Gasteiger partial charge on any atom is -0.493 e. The number of carbonyl (C=O) groups is 1. The number of hydrogen-bond donors (Lipinski definition) is 0. The summed E-state index contributed by atoms with van der Waals surface area (Å²) in [6, 6.07) is 6.11. The van der Waals surface area contributed by atoms with Crippen molar-refractivity contribution in [2.24, 2.45) is 5.92 Å². The molecule has 18 heavy (non-hydrogen) atoms. The highest BCUT2D eigenvalue weighted by Crippen LogP contribution is 2.30. The molecule has 1 saturated carbocycles. The summed E-state index contributed by atoms with van der Waals surface area (Å²) < 4.78 is 6.86. The highest BCUT2D eigenvalue weighted by molar-refractivity contribution is 9.10. The molecule has 2 rings (SSSR count). The van der Waals surface area contributed by atoms with E-state index < -0.39 is 0 Å². The average Bonchev–Trinajstić information content (AvgIpc) is 2.26.